The highest BCUT2D eigenvalue weighted by Gasteiger charge is 2.21. The quantitative estimate of drug-likeness (QED) is 0.434. The van der Waals surface area contributed by atoms with Gasteiger partial charge in [-0.2, -0.15) is 12.3 Å². The Bertz CT molecular complexity index is 84.2. The Morgan fingerprint density at radius 2 is 1.89 bits per heavy atom. The number of hydrogen-bond acceptors (Lipinski definition) is 0. The predicted octanol–water partition coefficient (Wildman–Crippen LogP) is 2.79. The van der Waals surface area contributed by atoms with Gasteiger partial charge >= 0.3 is 0 Å². The molecule has 0 aromatic rings. The van der Waals surface area contributed by atoms with Crippen molar-refractivity contribution in [1.29, 1.82) is 0 Å². The van der Waals surface area contributed by atoms with Gasteiger partial charge in [0.1, 0.15) is 0 Å². The molecule has 0 spiro atoms. The molecule has 0 aromatic heterocycles. The first-order valence-electron chi connectivity index (χ1n) is 4.30. The van der Waals surface area contributed by atoms with Crippen molar-refractivity contribution >= 4 is 0 Å². The molecule has 0 aromatic carbocycles. The third kappa shape index (κ3) is 0.997. The van der Waals surface area contributed by atoms with Gasteiger partial charge in [0.25, 0.3) is 0 Å². The molecule has 2 unspecified atom stereocenters. The van der Waals surface area contributed by atoms with Crippen molar-refractivity contribution in [3.63, 3.8) is 0 Å². The minimum atomic E-state index is 1.04. The molecule has 9 heavy (non-hydrogen) atoms. The molecule has 0 bridgehead atoms. The van der Waals surface area contributed by atoms with Crippen LogP contribution in [0.3, 0.4) is 0 Å². The monoisotopic (exact) mass is 123 g/mol. The second kappa shape index (κ2) is 2.32. The molecule has 2 saturated carbocycles. The SMILES string of the molecule is [CH-]1CCC2CCCCC12. The van der Waals surface area contributed by atoms with Crippen LogP contribution in [0, 0.1) is 18.3 Å². The van der Waals surface area contributed by atoms with E-state index in [1.807, 2.05) is 0 Å². The van der Waals surface area contributed by atoms with E-state index in [-0.39, 0.29) is 0 Å². The van der Waals surface area contributed by atoms with Crippen LogP contribution < -0.4 is 0 Å². The maximum atomic E-state index is 2.56. The number of fused-ring (bicyclic) bond motifs is 1. The lowest BCUT2D eigenvalue weighted by molar-refractivity contribution is 0.300. The van der Waals surface area contributed by atoms with Crippen molar-refractivity contribution in [2.75, 3.05) is 0 Å². The fourth-order valence-corrected chi connectivity index (χ4v) is 2.43. The van der Waals surface area contributed by atoms with E-state index in [2.05, 4.69) is 6.42 Å². The third-order valence-corrected chi connectivity index (χ3v) is 2.97. The Balaban J connectivity index is 1.97. The largest absolute Gasteiger partial charge is 0.325 e. The summed E-state index contributed by atoms with van der Waals surface area (Å²) < 4.78 is 0. The average Bonchev–Trinajstić information content (AvgIpc) is 2.33. The molecule has 0 aliphatic heterocycles. The van der Waals surface area contributed by atoms with E-state index in [1.54, 1.807) is 0 Å². The van der Waals surface area contributed by atoms with E-state index < -0.39 is 0 Å². The molecule has 2 rings (SSSR count). The molecule has 2 fully saturated rings. The lowest BCUT2D eigenvalue weighted by Gasteiger charge is -2.30. The lowest BCUT2D eigenvalue weighted by atomic mass is 9.82. The van der Waals surface area contributed by atoms with E-state index in [0.29, 0.717) is 0 Å². The van der Waals surface area contributed by atoms with Crippen LogP contribution in [0.25, 0.3) is 0 Å². The van der Waals surface area contributed by atoms with Crippen LogP contribution in [-0.4, -0.2) is 0 Å². The molecular weight excluding hydrogens is 108 g/mol. The maximum absolute atomic E-state index is 2.56. The molecule has 0 amide bonds. The summed E-state index contributed by atoms with van der Waals surface area (Å²) in [6.45, 7) is 0. The highest BCUT2D eigenvalue weighted by atomic mass is 14.3. The fraction of sp³-hybridized carbons (Fsp3) is 0.889. The van der Waals surface area contributed by atoms with E-state index in [0.717, 1.165) is 11.8 Å². The second-order valence-electron chi connectivity index (χ2n) is 3.52. The van der Waals surface area contributed by atoms with Crippen LogP contribution in [0.15, 0.2) is 0 Å². The summed E-state index contributed by atoms with van der Waals surface area (Å²) in [7, 11) is 0. The van der Waals surface area contributed by atoms with Crippen LogP contribution in [0.4, 0.5) is 0 Å². The molecular formula is C9H15-. The summed E-state index contributed by atoms with van der Waals surface area (Å²) in [5.74, 6) is 2.15. The normalized spacial score (nSPS) is 42.7. The van der Waals surface area contributed by atoms with Gasteiger partial charge in [-0.3, -0.25) is 0 Å². The second-order valence-corrected chi connectivity index (χ2v) is 3.52. The highest BCUT2D eigenvalue weighted by Crippen LogP contribution is 2.40. The summed E-state index contributed by atoms with van der Waals surface area (Å²) in [4.78, 5) is 0. The Kier molecular flexibility index (Phi) is 1.48. The zero-order chi connectivity index (χ0) is 6.10. The van der Waals surface area contributed by atoms with E-state index in [9.17, 15) is 0 Å². The van der Waals surface area contributed by atoms with Gasteiger partial charge in [0, 0.05) is 0 Å². The van der Waals surface area contributed by atoms with E-state index in [1.165, 1.54) is 38.5 Å². The van der Waals surface area contributed by atoms with Gasteiger partial charge in [-0.05, 0) is 0 Å². The first kappa shape index (κ1) is 5.76. The van der Waals surface area contributed by atoms with Gasteiger partial charge in [-0.25, -0.2) is 0 Å². The van der Waals surface area contributed by atoms with Crippen molar-refractivity contribution in [3.8, 4) is 0 Å². The van der Waals surface area contributed by atoms with Gasteiger partial charge in [-0.15, -0.1) is 0 Å². The first-order valence-corrected chi connectivity index (χ1v) is 4.30. The molecule has 0 radical (unpaired) electrons. The molecule has 0 N–H and O–H groups in total. The molecule has 2 aliphatic rings. The summed E-state index contributed by atoms with van der Waals surface area (Å²) >= 11 is 0. The van der Waals surface area contributed by atoms with Gasteiger partial charge in [-0.1, -0.05) is 38.0 Å². The third-order valence-electron chi connectivity index (χ3n) is 2.97. The molecule has 0 heterocycles. The number of hydrogen-bond donors (Lipinski definition) is 0. The Morgan fingerprint density at radius 1 is 1.00 bits per heavy atom. The van der Waals surface area contributed by atoms with Gasteiger partial charge in [0.2, 0.25) is 0 Å². The van der Waals surface area contributed by atoms with Crippen LogP contribution >= 0.6 is 0 Å². The van der Waals surface area contributed by atoms with Gasteiger partial charge in [0.15, 0.2) is 0 Å². The molecule has 2 aliphatic carbocycles. The minimum Gasteiger partial charge on any atom is -0.325 e. The molecule has 52 valence electrons. The summed E-state index contributed by atoms with van der Waals surface area (Å²) in [6, 6.07) is 0. The standard InChI is InChI=1S/C9H15/c1-2-5-9-7-3-6-8(9)4-1/h6,8-9H,1-5,7H2/q-1. The smallest absolute Gasteiger partial charge is 0.0527 e. The molecule has 0 nitrogen and oxygen atoms in total. The predicted molar refractivity (Wildman–Crippen MR) is 39.0 cm³/mol. The molecule has 0 heteroatoms. The topological polar surface area (TPSA) is 0 Å². The van der Waals surface area contributed by atoms with Crippen LogP contribution in [0.1, 0.15) is 38.5 Å². The van der Waals surface area contributed by atoms with E-state index >= 15 is 0 Å². The van der Waals surface area contributed by atoms with Crippen molar-refractivity contribution < 1.29 is 0 Å². The Labute approximate surface area is 57.6 Å². The van der Waals surface area contributed by atoms with Crippen molar-refractivity contribution in [2.45, 2.75) is 38.5 Å². The zero-order valence-corrected chi connectivity index (χ0v) is 5.97. The van der Waals surface area contributed by atoms with Crippen molar-refractivity contribution in [3.05, 3.63) is 6.42 Å². The fourth-order valence-electron chi connectivity index (χ4n) is 2.43. The Hall–Kier alpha value is 0. The van der Waals surface area contributed by atoms with Crippen LogP contribution in [0.2, 0.25) is 0 Å². The van der Waals surface area contributed by atoms with Crippen LogP contribution in [-0.2, 0) is 0 Å². The van der Waals surface area contributed by atoms with Gasteiger partial charge < -0.3 is 6.42 Å². The summed E-state index contributed by atoms with van der Waals surface area (Å²) in [5.41, 5.74) is 0. The first-order chi connectivity index (χ1) is 4.47. The van der Waals surface area contributed by atoms with Crippen LogP contribution in [0.5, 0.6) is 0 Å². The summed E-state index contributed by atoms with van der Waals surface area (Å²) in [5, 5.41) is 0. The zero-order valence-electron chi connectivity index (χ0n) is 5.97. The highest BCUT2D eigenvalue weighted by molar-refractivity contribution is 4.92. The van der Waals surface area contributed by atoms with Crippen molar-refractivity contribution in [1.82, 2.24) is 0 Å². The lowest BCUT2D eigenvalue weighted by Crippen LogP contribution is -2.12. The molecule has 2 atom stereocenters. The Morgan fingerprint density at radius 3 is 2.78 bits per heavy atom. The maximum Gasteiger partial charge on any atom is -0.0527 e. The minimum absolute atomic E-state index is 1.04. The van der Waals surface area contributed by atoms with Gasteiger partial charge in [0.05, 0.1) is 0 Å². The van der Waals surface area contributed by atoms with Crippen molar-refractivity contribution in [2.24, 2.45) is 11.8 Å². The molecule has 0 saturated heterocycles. The average molecular weight is 123 g/mol. The number of rotatable bonds is 0. The summed E-state index contributed by atoms with van der Waals surface area (Å²) in [6.07, 6.45) is 11.5. The van der Waals surface area contributed by atoms with E-state index in [4.69, 9.17) is 0 Å².